The number of hydrogen-bond donors (Lipinski definition) is 2. The summed E-state index contributed by atoms with van der Waals surface area (Å²) in [5.41, 5.74) is 7.13. The van der Waals surface area contributed by atoms with Crippen molar-refractivity contribution in [3.05, 3.63) is 45.8 Å². The molecular weight excluding hydrogens is 336 g/mol. The number of thiophene rings is 1. The molecule has 8 heteroatoms. The number of thiocarbonyl (C=S) groups is 1. The van der Waals surface area contributed by atoms with Crippen molar-refractivity contribution >= 4 is 55.9 Å². The molecule has 2 aromatic rings. The topological polar surface area (TPSA) is 72.2 Å². The minimum Gasteiger partial charge on any atom is -0.389 e. The molecule has 20 heavy (non-hydrogen) atoms. The molecule has 0 radical (unpaired) electrons. The lowest BCUT2D eigenvalue weighted by molar-refractivity contribution is 0.603. The minimum absolute atomic E-state index is 0.128. The number of sulfonamides is 1. The Morgan fingerprint density at radius 1 is 1.40 bits per heavy atom. The van der Waals surface area contributed by atoms with Crippen LogP contribution >= 0.6 is 35.2 Å². The third-order valence-electron chi connectivity index (χ3n) is 2.54. The van der Waals surface area contributed by atoms with Gasteiger partial charge in [0, 0.05) is 5.56 Å². The summed E-state index contributed by atoms with van der Waals surface area (Å²) < 4.78 is 27.7. The second-order valence-corrected chi connectivity index (χ2v) is 8.04. The molecular formula is C12H11ClN2O2S3. The van der Waals surface area contributed by atoms with Gasteiger partial charge in [-0.2, -0.15) is 0 Å². The van der Waals surface area contributed by atoms with Crippen LogP contribution in [-0.2, 0) is 10.0 Å². The molecule has 0 bridgehead atoms. The second kappa shape index (κ2) is 5.69. The highest BCUT2D eigenvalue weighted by molar-refractivity contribution is 7.94. The molecule has 0 atom stereocenters. The standard InChI is InChI=1S/C12H11ClN2O2S3/c1-7-6-10(19-11(7)13)20(16,17)15-9-5-3-2-4-8(9)12(14)18/h2-6,15H,1H3,(H2,14,18). The van der Waals surface area contributed by atoms with E-state index >= 15 is 0 Å². The number of nitrogens with two attached hydrogens (primary N) is 1. The maximum Gasteiger partial charge on any atom is 0.271 e. The molecule has 0 saturated carbocycles. The van der Waals surface area contributed by atoms with E-state index in [-0.39, 0.29) is 9.20 Å². The normalized spacial score (nSPS) is 11.3. The molecule has 106 valence electrons. The predicted octanol–water partition coefficient (Wildman–Crippen LogP) is 3.14. The summed E-state index contributed by atoms with van der Waals surface area (Å²) in [6.45, 7) is 1.75. The zero-order chi connectivity index (χ0) is 14.9. The zero-order valence-corrected chi connectivity index (χ0v) is 13.6. The van der Waals surface area contributed by atoms with Gasteiger partial charge in [-0.05, 0) is 30.7 Å². The third-order valence-corrected chi connectivity index (χ3v) is 6.15. The van der Waals surface area contributed by atoms with Gasteiger partial charge in [0.1, 0.15) is 9.20 Å². The first-order chi connectivity index (χ1) is 9.31. The van der Waals surface area contributed by atoms with Crippen LogP contribution in [0.2, 0.25) is 4.34 Å². The average Bonchev–Trinajstić information content (AvgIpc) is 2.70. The van der Waals surface area contributed by atoms with Gasteiger partial charge in [-0.3, -0.25) is 4.72 Å². The lowest BCUT2D eigenvalue weighted by Gasteiger charge is -2.10. The number of anilines is 1. The highest BCUT2D eigenvalue weighted by Crippen LogP contribution is 2.31. The molecule has 0 aliphatic carbocycles. The Morgan fingerprint density at radius 3 is 2.60 bits per heavy atom. The molecule has 4 nitrogen and oxygen atoms in total. The molecule has 0 saturated heterocycles. The highest BCUT2D eigenvalue weighted by atomic mass is 35.5. The Balaban J connectivity index is 2.41. The number of para-hydroxylation sites is 1. The summed E-state index contributed by atoms with van der Waals surface area (Å²) in [7, 11) is -3.70. The molecule has 2 rings (SSSR count). The summed E-state index contributed by atoms with van der Waals surface area (Å²) in [5.74, 6) is 0. The maximum absolute atomic E-state index is 12.3. The number of rotatable bonds is 4. The molecule has 0 spiro atoms. The zero-order valence-electron chi connectivity index (χ0n) is 10.4. The van der Waals surface area contributed by atoms with E-state index < -0.39 is 10.0 Å². The first kappa shape index (κ1) is 15.2. The Hall–Kier alpha value is -1.15. The van der Waals surface area contributed by atoms with E-state index in [1.165, 1.54) is 6.07 Å². The van der Waals surface area contributed by atoms with Crippen LogP contribution in [0, 0.1) is 6.92 Å². The van der Waals surface area contributed by atoms with E-state index in [0.29, 0.717) is 15.6 Å². The minimum atomic E-state index is -3.70. The molecule has 1 aromatic heterocycles. The largest absolute Gasteiger partial charge is 0.389 e. The van der Waals surface area contributed by atoms with Crippen molar-refractivity contribution in [1.29, 1.82) is 0 Å². The van der Waals surface area contributed by atoms with E-state index in [0.717, 1.165) is 16.9 Å². The highest BCUT2D eigenvalue weighted by Gasteiger charge is 2.20. The number of halogens is 1. The van der Waals surface area contributed by atoms with Crippen molar-refractivity contribution in [2.24, 2.45) is 5.73 Å². The van der Waals surface area contributed by atoms with E-state index in [9.17, 15) is 8.42 Å². The Morgan fingerprint density at radius 2 is 2.05 bits per heavy atom. The number of hydrogen-bond acceptors (Lipinski definition) is 4. The summed E-state index contributed by atoms with van der Waals surface area (Å²) in [6.07, 6.45) is 0. The summed E-state index contributed by atoms with van der Waals surface area (Å²) in [6, 6.07) is 8.23. The van der Waals surface area contributed by atoms with Crippen LogP contribution in [0.3, 0.4) is 0 Å². The smallest absolute Gasteiger partial charge is 0.271 e. The van der Waals surface area contributed by atoms with Crippen LogP contribution in [0.1, 0.15) is 11.1 Å². The molecule has 1 heterocycles. The van der Waals surface area contributed by atoms with Gasteiger partial charge >= 0.3 is 0 Å². The Labute approximate surface area is 131 Å². The number of aryl methyl sites for hydroxylation is 1. The van der Waals surface area contributed by atoms with Crippen LogP contribution in [0.25, 0.3) is 0 Å². The maximum atomic E-state index is 12.3. The quantitative estimate of drug-likeness (QED) is 0.834. The van der Waals surface area contributed by atoms with E-state index in [1.807, 2.05) is 0 Å². The van der Waals surface area contributed by atoms with Gasteiger partial charge in [0.15, 0.2) is 0 Å². The fraction of sp³-hybridized carbons (Fsp3) is 0.0833. The van der Waals surface area contributed by atoms with Crippen molar-refractivity contribution in [2.45, 2.75) is 11.1 Å². The van der Waals surface area contributed by atoms with Crippen LogP contribution in [-0.4, -0.2) is 13.4 Å². The summed E-state index contributed by atoms with van der Waals surface area (Å²) >= 11 is 11.8. The molecule has 3 N–H and O–H groups in total. The molecule has 0 aliphatic rings. The van der Waals surface area contributed by atoms with Gasteiger partial charge in [-0.15, -0.1) is 11.3 Å². The summed E-state index contributed by atoms with van der Waals surface area (Å²) in [4.78, 5) is 0.128. The SMILES string of the molecule is Cc1cc(S(=O)(=O)Nc2ccccc2C(N)=S)sc1Cl. The lowest BCUT2D eigenvalue weighted by Crippen LogP contribution is -2.17. The van der Waals surface area contributed by atoms with Gasteiger partial charge in [0.2, 0.25) is 0 Å². The van der Waals surface area contributed by atoms with Crippen LogP contribution in [0.5, 0.6) is 0 Å². The monoisotopic (exact) mass is 346 g/mol. The Bertz CT molecular complexity index is 749. The van der Waals surface area contributed by atoms with Crippen molar-refractivity contribution < 1.29 is 8.42 Å². The van der Waals surface area contributed by atoms with Crippen molar-refractivity contribution in [1.82, 2.24) is 0 Å². The molecule has 1 aromatic carbocycles. The summed E-state index contributed by atoms with van der Waals surface area (Å²) in [5, 5.41) is 0. The molecule has 0 unspecified atom stereocenters. The van der Waals surface area contributed by atoms with Gasteiger partial charge in [0.05, 0.1) is 10.0 Å². The Kier molecular flexibility index (Phi) is 4.33. The van der Waals surface area contributed by atoms with E-state index in [2.05, 4.69) is 4.72 Å². The average molecular weight is 347 g/mol. The molecule has 0 fully saturated rings. The first-order valence-electron chi connectivity index (χ1n) is 5.49. The third kappa shape index (κ3) is 3.12. The second-order valence-electron chi connectivity index (χ2n) is 4.04. The molecule has 0 amide bonds. The van der Waals surface area contributed by atoms with E-state index in [4.69, 9.17) is 29.6 Å². The van der Waals surface area contributed by atoms with Crippen molar-refractivity contribution in [3.8, 4) is 0 Å². The van der Waals surface area contributed by atoms with Gasteiger partial charge in [-0.25, -0.2) is 8.42 Å². The van der Waals surface area contributed by atoms with Crippen LogP contribution in [0.15, 0.2) is 34.5 Å². The van der Waals surface area contributed by atoms with Gasteiger partial charge in [-0.1, -0.05) is 36.0 Å². The van der Waals surface area contributed by atoms with Gasteiger partial charge < -0.3 is 5.73 Å². The number of nitrogens with one attached hydrogen (secondary N) is 1. The fourth-order valence-corrected chi connectivity index (χ4v) is 4.51. The van der Waals surface area contributed by atoms with Crippen LogP contribution < -0.4 is 10.5 Å². The van der Waals surface area contributed by atoms with Crippen LogP contribution in [0.4, 0.5) is 5.69 Å². The van der Waals surface area contributed by atoms with E-state index in [1.54, 1.807) is 31.2 Å². The fourth-order valence-electron chi connectivity index (χ4n) is 1.55. The number of benzene rings is 1. The first-order valence-corrected chi connectivity index (χ1v) is 8.57. The van der Waals surface area contributed by atoms with Crippen molar-refractivity contribution in [3.63, 3.8) is 0 Å². The molecule has 0 aliphatic heterocycles. The van der Waals surface area contributed by atoms with Crippen molar-refractivity contribution in [2.75, 3.05) is 4.72 Å². The predicted molar refractivity (Wildman–Crippen MR) is 87.2 cm³/mol. The lowest BCUT2D eigenvalue weighted by atomic mass is 10.2. The van der Waals surface area contributed by atoms with Gasteiger partial charge in [0.25, 0.3) is 10.0 Å².